The van der Waals surface area contributed by atoms with Gasteiger partial charge in [-0.25, -0.2) is 0 Å². The van der Waals surface area contributed by atoms with Crippen molar-refractivity contribution in [3.05, 3.63) is 0 Å². The van der Waals surface area contributed by atoms with Crippen molar-refractivity contribution in [2.75, 3.05) is 13.1 Å². The fourth-order valence-corrected chi connectivity index (χ4v) is 1.46. The number of primary amides is 1. The van der Waals surface area contributed by atoms with Crippen molar-refractivity contribution in [3.8, 4) is 0 Å². The number of hydrogen-bond donors (Lipinski definition) is 1. The Labute approximate surface area is 74.9 Å². The maximum absolute atomic E-state index is 11.0. The first-order chi connectivity index (χ1) is 5.67. The Bertz CT molecular complexity index is 136. The molecule has 0 radical (unpaired) electrons. The monoisotopic (exact) mass is 172 g/mol. The van der Waals surface area contributed by atoms with E-state index < -0.39 is 0 Å². The van der Waals surface area contributed by atoms with Gasteiger partial charge in [0.2, 0.25) is 5.91 Å². The predicted octanol–water partition coefficient (Wildman–Crippen LogP) is 0.982. The van der Waals surface area contributed by atoms with Crippen LogP contribution in [0.1, 0.15) is 33.6 Å². The molecule has 0 aromatic heterocycles. The Hall–Kier alpha value is -0.570. The molecule has 3 nitrogen and oxygen atoms in total. The van der Waals surface area contributed by atoms with Gasteiger partial charge in [0.05, 0.1) is 6.04 Å². The van der Waals surface area contributed by atoms with E-state index in [0.29, 0.717) is 0 Å². The van der Waals surface area contributed by atoms with Crippen LogP contribution in [0.2, 0.25) is 0 Å². The largest absolute Gasteiger partial charge is 0.368 e. The summed E-state index contributed by atoms with van der Waals surface area (Å²) in [6.07, 6.45) is 1.88. The van der Waals surface area contributed by atoms with Gasteiger partial charge in [0.25, 0.3) is 0 Å². The number of hydrogen-bond acceptors (Lipinski definition) is 2. The van der Waals surface area contributed by atoms with E-state index in [1.54, 1.807) is 0 Å². The minimum atomic E-state index is -0.201. The average molecular weight is 172 g/mol. The first-order valence-electron chi connectivity index (χ1n) is 4.70. The maximum Gasteiger partial charge on any atom is 0.234 e. The van der Waals surface area contributed by atoms with Crippen LogP contribution in [0, 0.1) is 0 Å². The molecule has 0 spiro atoms. The van der Waals surface area contributed by atoms with Crippen LogP contribution in [0.4, 0.5) is 0 Å². The van der Waals surface area contributed by atoms with E-state index in [4.69, 9.17) is 5.73 Å². The average Bonchev–Trinajstić information content (AvgIpc) is 2.03. The van der Waals surface area contributed by atoms with Gasteiger partial charge in [-0.3, -0.25) is 9.69 Å². The van der Waals surface area contributed by atoms with Crippen LogP contribution >= 0.6 is 0 Å². The fourth-order valence-electron chi connectivity index (χ4n) is 1.46. The molecule has 0 fully saturated rings. The van der Waals surface area contributed by atoms with Gasteiger partial charge < -0.3 is 5.73 Å². The summed E-state index contributed by atoms with van der Waals surface area (Å²) < 4.78 is 0. The molecule has 0 aliphatic heterocycles. The van der Waals surface area contributed by atoms with Crippen molar-refractivity contribution in [2.24, 2.45) is 5.73 Å². The molecule has 0 rings (SSSR count). The highest BCUT2D eigenvalue weighted by atomic mass is 16.1. The summed E-state index contributed by atoms with van der Waals surface area (Å²) in [6.45, 7) is 8.01. The molecule has 0 bridgehead atoms. The van der Waals surface area contributed by atoms with Crippen molar-refractivity contribution < 1.29 is 4.79 Å². The third-order valence-corrected chi connectivity index (χ3v) is 2.07. The smallest absolute Gasteiger partial charge is 0.234 e. The number of nitrogens with zero attached hydrogens (tertiary/aromatic N) is 1. The Balaban J connectivity index is 4.12. The van der Waals surface area contributed by atoms with E-state index in [1.807, 2.05) is 6.92 Å². The van der Waals surface area contributed by atoms with E-state index in [0.717, 1.165) is 25.9 Å². The Morgan fingerprint density at radius 3 is 2.25 bits per heavy atom. The van der Waals surface area contributed by atoms with Crippen LogP contribution in [0.3, 0.4) is 0 Å². The third-order valence-electron chi connectivity index (χ3n) is 2.07. The Kier molecular flexibility index (Phi) is 5.72. The Morgan fingerprint density at radius 2 is 2.00 bits per heavy atom. The molecule has 1 atom stereocenters. The molecule has 0 heterocycles. The predicted molar refractivity (Wildman–Crippen MR) is 50.8 cm³/mol. The topological polar surface area (TPSA) is 46.3 Å². The van der Waals surface area contributed by atoms with E-state index in [2.05, 4.69) is 18.7 Å². The van der Waals surface area contributed by atoms with E-state index in [1.165, 1.54) is 0 Å². The van der Waals surface area contributed by atoms with Crippen molar-refractivity contribution in [2.45, 2.75) is 39.7 Å². The van der Waals surface area contributed by atoms with Gasteiger partial charge in [0, 0.05) is 0 Å². The molecule has 0 saturated heterocycles. The van der Waals surface area contributed by atoms with Crippen LogP contribution in [0.25, 0.3) is 0 Å². The first-order valence-corrected chi connectivity index (χ1v) is 4.70. The lowest BCUT2D eigenvalue weighted by atomic mass is 10.1. The molecule has 2 N–H and O–H groups in total. The van der Waals surface area contributed by atoms with Crippen LogP contribution in [-0.2, 0) is 4.79 Å². The van der Waals surface area contributed by atoms with Crippen LogP contribution in [0.15, 0.2) is 0 Å². The van der Waals surface area contributed by atoms with E-state index in [9.17, 15) is 4.79 Å². The highest BCUT2D eigenvalue weighted by Crippen LogP contribution is 2.03. The van der Waals surface area contributed by atoms with Crippen LogP contribution < -0.4 is 5.73 Å². The summed E-state index contributed by atoms with van der Waals surface area (Å²) in [7, 11) is 0. The van der Waals surface area contributed by atoms with Gasteiger partial charge in [-0.05, 0) is 25.9 Å². The second kappa shape index (κ2) is 6.00. The molecule has 72 valence electrons. The van der Waals surface area contributed by atoms with Gasteiger partial charge in [0.1, 0.15) is 0 Å². The molecule has 12 heavy (non-hydrogen) atoms. The molecule has 3 heteroatoms. The third kappa shape index (κ3) is 3.22. The molecule has 0 aliphatic rings. The van der Waals surface area contributed by atoms with Gasteiger partial charge >= 0.3 is 0 Å². The highest BCUT2D eigenvalue weighted by molar-refractivity contribution is 5.79. The summed E-state index contributed by atoms with van der Waals surface area (Å²) in [4.78, 5) is 13.1. The zero-order chi connectivity index (χ0) is 9.56. The minimum Gasteiger partial charge on any atom is -0.368 e. The van der Waals surface area contributed by atoms with Gasteiger partial charge in [-0.15, -0.1) is 0 Å². The number of rotatable bonds is 6. The van der Waals surface area contributed by atoms with Gasteiger partial charge in [-0.2, -0.15) is 0 Å². The first kappa shape index (κ1) is 11.4. The highest BCUT2D eigenvalue weighted by Gasteiger charge is 2.19. The minimum absolute atomic E-state index is 0.0741. The van der Waals surface area contributed by atoms with E-state index >= 15 is 0 Å². The zero-order valence-electron chi connectivity index (χ0n) is 8.34. The lowest BCUT2D eigenvalue weighted by Crippen LogP contribution is -2.44. The number of carbonyl (C=O) groups excluding carboxylic acids is 1. The quantitative estimate of drug-likeness (QED) is 0.649. The molecule has 1 unspecified atom stereocenters. The summed E-state index contributed by atoms with van der Waals surface area (Å²) >= 11 is 0. The van der Waals surface area contributed by atoms with Crippen molar-refractivity contribution in [1.29, 1.82) is 0 Å². The van der Waals surface area contributed by atoms with Crippen LogP contribution in [-0.4, -0.2) is 29.9 Å². The fraction of sp³-hybridized carbons (Fsp3) is 0.889. The standard InChI is InChI=1S/C9H20N2O/c1-4-7-11(6-3)8(5-2)9(10)12/h8H,4-7H2,1-3H3,(H2,10,12). The summed E-state index contributed by atoms with van der Waals surface area (Å²) in [6, 6.07) is -0.0741. The lowest BCUT2D eigenvalue weighted by Gasteiger charge is -2.26. The summed E-state index contributed by atoms with van der Waals surface area (Å²) in [5, 5.41) is 0. The van der Waals surface area contributed by atoms with Gasteiger partial charge in [-0.1, -0.05) is 20.8 Å². The Morgan fingerprint density at radius 1 is 1.42 bits per heavy atom. The molecule has 1 amide bonds. The molecular formula is C9H20N2O. The zero-order valence-corrected chi connectivity index (χ0v) is 8.34. The normalized spacial score (nSPS) is 13.3. The molecule has 0 aromatic carbocycles. The summed E-state index contributed by atoms with van der Waals surface area (Å²) in [5.41, 5.74) is 5.27. The number of amides is 1. The second-order valence-electron chi connectivity index (χ2n) is 2.96. The summed E-state index contributed by atoms with van der Waals surface area (Å²) in [5.74, 6) is -0.201. The lowest BCUT2D eigenvalue weighted by molar-refractivity contribution is -0.123. The molecule has 0 saturated carbocycles. The maximum atomic E-state index is 11.0. The van der Waals surface area contributed by atoms with Gasteiger partial charge in [0.15, 0.2) is 0 Å². The molecule has 0 aliphatic carbocycles. The van der Waals surface area contributed by atoms with Crippen molar-refractivity contribution >= 4 is 5.91 Å². The number of carbonyl (C=O) groups is 1. The SMILES string of the molecule is CCCN(CC)C(CC)C(N)=O. The molecule has 0 aromatic rings. The van der Waals surface area contributed by atoms with E-state index in [-0.39, 0.29) is 11.9 Å². The van der Waals surface area contributed by atoms with Crippen molar-refractivity contribution in [1.82, 2.24) is 4.90 Å². The molecular weight excluding hydrogens is 152 g/mol. The second-order valence-corrected chi connectivity index (χ2v) is 2.96. The van der Waals surface area contributed by atoms with Crippen LogP contribution in [0.5, 0.6) is 0 Å². The number of nitrogens with two attached hydrogens (primary N) is 1. The van der Waals surface area contributed by atoms with Crippen molar-refractivity contribution in [3.63, 3.8) is 0 Å². The number of likely N-dealkylation sites (N-methyl/N-ethyl adjacent to an activating group) is 1.